The van der Waals surface area contributed by atoms with Crippen molar-refractivity contribution in [1.29, 1.82) is 0 Å². The standard InChI is InChI=1S/C39H44O5SSi/c1-39(2,3)46(29-17-8-6-9-18-29,30-19-10-7-11-20-30)44-35(37-26-28-16-14-15-22-36(28)45-37)25-24-32-31(33(40)27-34(32)41)21-12-4-5-13-23-38(42)43/h4,6-12,14-20,22,24-26,31-33,35,40H,5,13,21,23,27H2,1-3H3,(H,42,43)/t31-,32-,33+,35-/m1/s1. The lowest BCUT2D eigenvalue weighted by Gasteiger charge is -2.44. The molecule has 240 valence electrons. The Kier molecular flexibility index (Phi) is 10.9. The minimum Gasteiger partial charge on any atom is -0.481 e. The second kappa shape index (κ2) is 14.9. The fourth-order valence-electron chi connectivity index (χ4n) is 6.70. The van der Waals surface area contributed by atoms with Crippen LogP contribution in [-0.2, 0) is 14.0 Å². The van der Waals surface area contributed by atoms with Gasteiger partial charge in [-0.25, -0.2) is 0 Å². The van der Waals surface area contributed by atoms with Crippen LogP contribution in [0.15, 0.2) is 115 Å². The lowest BCUT2D eigenvalue weighted by atomic mass is 9.90. The molecule has 1 saturated carbocycles. The van der Waals surface area contributed by atoms with Crippen molar-refractivity contribution in [3.63, 3.8) is 0 Å². The molecule has 46 heavy (non-hydrogen) atoms. The fraction of sp³-hybridized carbons (Fsp3) is 0.333. The molecule has 1 aliphatic rings. The van der Waals surface area contributed by atoms with Crippen LogP contribution in [0.1, 0.15) is 63.9 Å². The van der Waals surface area contributed by atoms with Gasteiger partial charge in [0.2, 0.25) is 0 Å². The summed E-state index contributed by atoms with van der Waals surface area (Å²) in [6.07, 6.45) is 8.90. The van der Waals surface area contributed by atoms with Crippen molar-refractivity contribution in [3.05, 3.63) is 120 Å². The van der Waals surface area contributed by atoms with Crippen molar-refractivity contribution in [2.45, 2.75) is 70.1 Å². The third-order valence-electron chi connectivity index (χ3n) is 9.01. The molecule has 0 unspecified atom stereocenters. The van der Waals surface area contributed by atoms with E-state index in [4.69, 9.17) is 9.53 Å². The quantitative estimate of drug-likeness (QED) is 0.0874. The average Bonchev–Trinajstić information content (AvgIpc) is 3.58. The SMILES string of the molecule is CC(C)(C)[Si](O[C@H](C=C[C@H]1C(=O)C[C@H](O)[C@@H]1CC=CCCCC(=O)O)c1cc2ccccc2s1)(c1ccccc1)c1ccccc1. The molecule has 0 bridgehead atoms. The van der Waals surface area contributed by atoms with E-state index >= 15 is 0 Å². The van der Waals surface area contributed by atoms with Crippen molar-refractivity contribution in [2.24, 2.45) is 11.8 Å². The van der Waals surface area contributed by atoms with Gasteiger partial charge in [0, 0.05) is 34.3 Å². The van der Waals surface area contributed by atoms with Crippen LogP contribution in [0.4, 0.5) is 0 Å². The van der Waals surface area contributed by atoms with Gasteiger partial charge < -0.3 is 14.6 Å². The van der Waals surface area contributed by atoms with E-state index in [9.17, 15) is 14.7 Å². The number of fused-ring (bicyclic) bond motifs is 1. The van der Waals surface area contributed by atoms with Crippen LogP contribution in [0.3, 0.4) is 0 Å². The Balaban J connectivity index is 1.54. The van der Waals surface area contributed by atoms with Gasteiger partial charge in [0.25, 0.3) is 8.32 Å². The molecule has 0 amide bonds. The first-order valence-electron chi connectivity index (χ1n) is 16.1. The highest BCUT2D eigenvalue weighted by Gasteiger charge is 2.51. The summed E-state index contributed by atoms with van der Waals surface area (Å²) in [5.74, 6) is -1.44. The maximum atomic E-state index is 13.3. The number of carbonyl (C=O) groups is 2. The van der Waals surface area contributed by atoms with Gasteiger partial charge in [0.1, 0.15) is 5.78 Å². The van der Waals surface area contributed by atoms with Crippen LogP contribution in [-0.4, -0.2) is 36.4 Å². The molecule has 1 aliphatic carbocycles. The van der Waals surface area contributed by atoms with Crippen molar-refractivity contribution in [1.82, 2.24) is 0 Å². The predicted octanol–water partition coefficient (Wildman–Crippen LogP) is 7.84. The van der Waals surface area contributed by atoms with E-state index in [1.165, 1.54) is 15.1 Å². The second-order valence-corrected chi connectivity index (χ2v) is 18.6. The number of carboxylic acid groups (broad SMARTS) is 1. The molecule has 5 rings (SSSR count). The minimum atomic E-state index is -2.94. The Bertz CT molecular complexity index is 1600. The maximum absolute atomic E-state index is 13.3. The first kappa shape index (κ1) is 33.7. The molecule has 0 radical (unpaired) electrons. The number of Topliss-reactive ketones (excluding diaryl/α,β-unsaturated/α-hetero) is 1. The van der Waals surface area contributed by atoms with Gasteiger partial charge in [-0.3, -0.25) is 9.59 Å². The van der Waals surface area contributed by atoms with Gasteiger partial charge in [-0.15, -0.1) is 11.3 Å². The summed E-state index contributed by atoms with van der Waals surface area (Å²) in [4.78, 5) is 25.2. The molecule has 4 atom stereocenters. The lowest BCUT2D eigenvalue weighted by molar-refractivity contribution is -0.137. The first-order chi connectivity index (χ1) is 22.1. The van der Waals surface area contributed by atoms with E-state index in [2.05, 4.69) is 99.6 Å². The number of aliphatic hydroxyl groups excluding tert-OH is 1. The molecule has 0 aliphatic heterocycles. The maximum Gasteiger partial charge on any atom is 0.303 e. The highest BCUT2D eigenvalue weighted by atomic mass is 32.1. The van der Waals surface area contributed by atoms with E-state index < -0.39 is 32.4 Å². The minimum absolute atomic E-state index is 0.0357. The van der Waals surface area contributed by atoms with E-state index in [-0.39, 0.29) is 29.6 Å². The van der Waals surface area contributed by atoms with Crippen LogP contribution < -0.4 is 10.4 Å². The van der Waals surface area contributed by atoms with Crippen LogP contribution in [0, 0.1) is 11.8 Å². The Morgan fingerprint density at radius 3 is 2.22 bits per heavy atom. The highest BCUT2D eigenvalue weighted by molar-refractivity contribution is 7.19. The van der Waals surface area contributed by atoms with Crippen LogP contribution in [0.5, 0.6) is 0 Å². The molecular formula is C39H44O5SSi. The summed E-state index contributed by atoms with van der Waals surface area (Å²) in [6.45, 7) is 6.79. The summed E-state index contributed by atoms with van der Waals surface area (Å²) >= 11 is 1.71. The lowest BCUT2D eigenvalue weighted by Crippen LogP contribution is -2.66. The molecule has 1 aromatic heterocycles. The van der Waals surface area contributed by atoms with Gasteiger partial charge in [-0.1, -0.05) is 124 Å². The van der Waals surface area contributed by atoms with Gasteiger partial charge in [-0.2, -0.15) is 0 Å². The number of hydrogen-bond donors (Lipinski definition) is 2. The average molecular weight is 653 g/mol. The number of unbranched alkanes of at least 4 members (excludes halogenated alkanes) is 1. The summed E-state index contributed by atoms with van der Waals surface area (Å²) in [6, 6.07) is 31.7. The van der Waals surface area contributed by atoms with Crippen LogP contribution in [0.25, 0.3) is 10.1 Å². The van der Waals surface area contributed by atoms with Gasteiger partial charge in [0.05, 0.1) is 12.2 Å². The van der Waals surface area contributed by atoms with Crippen molar-refractivity contribution < 1.29 is 24.2 Å². The molecule has 1 fully saturated rings. The van der Waals surface area contributed by atoms with Gasteiger partial charge in [0.15, 0.2) is 0 Å². The monoisotopic (exact) mass is 652 g/mol. The van der Waals surface area contributed by atoms with Gasteiger partial charge in [-0.05, 0) is 52.2 Å². The Labute approximate surface area is 277 Å². The number of rotatable bonds is 13. The number of benzene rings is 3. The smallest absolute Gasteiger partial charge is 0.303 e. The van der Waals surface area contributed by atoms with E-state index in [1.807, 2.05) is 36.4 Å². The molecule has 2 N–H and O–H groups in total. The predicted molar refractivity (Wildman–Crippen MR) is 190 cm³/mol. The topological polar surface area (TPSA) is 83.8 Å². The van der Waals surface area contributed by atoms with E-state index in [0.717, 1.165) is 10.3 Å². The largest absolute Gasteiger partial charge is 0.481 e. The third-order valence-corrected chi connectivity index (χ3v) is 15.2. The Morgan fingerprint density at radius 1 is 0.978 bits per heavy atom. The number of carboxylic acids is 1. The number of allylic oxidation sites excluding steroid dienone is 3. The Morgan fingerprint density at radius 2 is 1.61 bits per heavy atom. The normalized spacial score (nSPS) is 19.8. The first-order valence-corrected chi connectivity index (χ1v) is 18.9. The number of ketones is 1. The molecule has 5 nitrogen and oxygen atoms in total. The molecule has 0 spiro atoms. The Hall–Kier alpha value is -3.62. The zero-order valence-corrected chi connectivity index (χ0v) is 28.7. The fourth-order valence-corrected chi connectivity index (χ4v) is 12.5. The van der Waals surface area contributed by atoms with Crippen LogP contribution in [0.2, 0.25) is 5.04 Å². The van der Waals surface area contributed by atoms with Crippen molar-refractivity contribution in [3.8, 4) is 0 Å². The molecule has 7 heteroatoms. The number of aliphatic carboxylic acids is 1. The second-order valence-electron chi connectivity index (χ2n) is 13.2. The number of thiophene rings is 1. The molecule has 0 saturated heterocycles. The molecule has 1 heterocycles. The van der Waals surface area contributed by atoms with Crippen molar-refractivity contribution >= 4 is 51.9 Å². The summed E-state index contributed by atoms with van der Waals surface area (Å²) in [5, 5.41) is 23.1. The summed E-state index contributed by atoms with van der Waals surface area (Å²) in [5.41, 5.74) is 0. The third kappa shape index (κ3) is 7.50. The van der Waals surface area contributed by atoms with E-state index in [1.54, 1.807) is 11.3 Å². The molecule has 3 aromatic carbocycles. The molecule has 4 aromatic rings. The number of aliphatic hydroxyl groups is 1. The summed E-state index contributed by atoms with van der Waals surface area (Å²) in [7, 11) is -2.94. The van der Waals surface area contributed by atoms with Gasteiger partial charge >= 0.3 is 5.97 Å². The number of hydrogen-bond acceptors (Lipinski definition) is 5. The van der Waals surface area contributed by atoms with Crippen molar-refractivity contribution in [2.75, 3.05) is 0 Å². The van der Waals surface area contributed by atoms with E-state index in [0.29, 0.717) is 19.3 Å². The number of carbonyl (C=O) groups excluding carboxylic acids is 1. The zero-order valence-electron chi connectivity index (χ0n) is 26.8. The zero-order chi connectivity index (χ0) is 32.7. The molecular weight excluding hydrogens is 609 g/mol. The summed E-state index contributed by atoms with van der Waals surface area (Å²) < 4.78 is 8.80. The van der Waals surface area contributed by atoms with Crippen LogP contribution >= 0.6 is 11.3 Å². The highest BCUT2D eigenvalue weighted by Crippen LogP contribution is 2.43.